The number of benzene rings is 3. The summed E-state index contributed by atoms with van der Waals surface area (Å²) in [5, 5.41) is 10.1. The minimum Gasteiger partial charge on any atom is -0.481 e. The molecule has 5 rings (SSSR count). The van der Waals surface area contributed by atoms with E-state index in [0.29, 0.717) is 48.4 Å². The van der Waals surface area contributed by atoms with Gasteiger partial charge >= 0.3 is 12.1 Å². The van der Waals surface area contributed by atoms with Gasteiger partial charge in [0.05, 0.1) is 23.7 Å². The lowest BCUT2D eigenvalue weighted by molar-refractivity contribution is -0.138. The molecule has 198 valence electrons. The predicted molar refractivity (Wildman–Crippen MR) is 138 cm³/mol. The van der Waals surface area contributed by atoms with Crippen molar-refractivity contribution in [1.29, 1.82) is 0 Å². The van der Waals surface area contributed by atoms with Crippen LogP contribution in [0.25, 0.3) is 0 Å². The number of guanidine groups is 1. The maximum atomic E-state index is 13.6. The summed E-state index contributed by atoms with van der Waals surface area (Å²) in [7, 11) is 0. The Labute approximate surface area is 221 Å². The number of hydrogen-bond donors (Lipinski definition) is 1. The summed E-state index contributed by atoms with van der Waals surface area (Å²) >= 11 is 6.22. The molecule has 0 amide bonds. The Morgan fingerprint density at radius 3 is 2.29 bits per heavy atom. The summed E-state index contributed by atoms with van der Waals surface area (Å²) < 4.78 is 54.2. The zero-order valence-electron chi connectivity index (χ0n) is 20.0. The number of hydrogen-bond acceptors (Lipinski definition) is 5. The molecule has 3 aromatic rings. The van der Waals surface area contributed by atoms with E-state index in [1.165, 1.54) is 24.3 Å². The van der Waals surface area contributed by atoms with Gasteiger partial charge in [0, 0.05) is 48.1 Å². The summed E-state index contributed by atoms with van der Waals surface area (Å²) in [4.78, 5) is 22.3. The highest BCUT2D eigenvalue weighted by Gasteiger charge is 2.38. The zero-order valence-corrected chi connectivity index (χ0v) is 20.8. The quantitative estimate of drug-likeness (QED) is 0.387. The smallest absolute Gasteiger partial charge is 0.416 e. The van der Waals surface area contributed by atoms with Gasteiger partial charge in [-0.1, -0.05) is 17.7 Å². The van der Waals surface area contributed by atoms with Gasteiger partial charge in [-0.3, -0.25) is 4.79 Å². The van der Waals surface area contributed by atoms with Crippen molar-refractivity contribution < 1.29 is 27.5 Å². The third kappa shape index (κ3) is 5.26. The van der Waals surface area contributed by atoms with Crippen LogP contribution in [0.1, 0.15) is 23.6 Å². The van der Waals surface area contributed by atoms with Crippen molar-refractivity contribution in [2.45, 2.75) is 18.6 Å². The molecule has 1 unspecified atom stereocenters. The van der Waals surface area contributed by atoms with Crippen LogP contribution in [0.5, 0.6) is 0 Å². The van der Waals surface area contributed by atoms with Gasteiger partial charge in [-0.25, -0.2) is 9.38 Å². The van der Waals surface area contributed by atoms with E-state index in [4.69, 9.17) is 16.6 Å². The highest BCUT2D eigenvalue weighted by Crippen LogP contribution is 2.43. The van der Waals surface area contributed by atoms with Gasteiger partial charge in [-0.05, 0) is 60.7 Å². The Morgan fingerprint density at radius 1 is 0.947 bits per heavy atom. The average Bonchev–Trinajstić information content (AvgIpc) is 2.88. The molecule has 6 nitrogen and oxygen atoms in total. The number of carboxylic acids is 1. The van der Waals surface area contributed by atoms with Crippen LogP contribution in [0.3, 0.4) is 0 Å². The normalized spacial score (nSPS) is 17.8. The van der Waals surface area contributed by atoms with Gasteiger partial charge in [0.1, 0.15) is 5.82 Å². The van der Waals surface area contributed by atoms with Crippen LogP contribution in [0.4, 0.5) is 34.6 Å². The molecule has 2 aliphatic heterocycles. The molecule has 1 saturated heterocycles. The molecule has 38 heavy (non-hydrogen) atoms. The average molecular weight is 547 g/mol. The summed E-state index contributed by atoms with van der Waals surface area (Å²) in [5.41, 5.74) is 1.22. The monoisotopic (exact) mass is 546 g/mol. The molecule has 0 saturated carbocycles. The third-order valence-corrected chi connectivity index (χ3v) is 6.91. The van der Waals surface area contributed by atoms with Crippen LogP contribution in [-0.2, 0) is 11.0 Å². The van der Waals surface area contributed by atoms with Crippen LogP contribution in [0, 0.1) is 5.82 Å². The number of anilines is 2. The molecule has 1 fully saturated rings. The fourth-order valence-electron chi connectivity index (χ4n) is 4.87. The summed E-state index contributed by atoms with van der Waals surface area (Å²) in [6.45, 7) is 2.04. The first kappa shape index (κ1) is 25.8. The van der Waals surface area contributed by atoms with Gasteiger partial charge in [0.25, 0.3) is 0 Å². The lowest BCUT2D eigenvalue weighted by atomic mass is 9.97. The van der Waals surface area contributed by atoms with Gasteiger partial charge in [-0.2, -0.15) is 13.2 Å². The van der Waals surface area contributed by atoms with E-state index >= 15 is 0 Å². The number of nitrogens with zero attached hydrogens (tertiary/aromatic N) is 4. The fourth-order valence-corrected chi connectivity index (χ4v) is 5.05. The first-order valence-electron chi connectivity index (χ1n) is 11.9. The van der Waals surface area contributed by atoms with Gasteiger partial charge < -0.3 is 19.8 Å². The molecular formula is C27H23ClF4N4O2. The van der Waals surface area contributed by atoms with Crippen molar-refractivity contribution in [3.8, 4) is 0 Å². The van der Waals surface area contributed by atoms with E-state index in [2.05, 4.69) is 4.90 Å². The molecule has 3 aromatic carbocycles. The van der Waals surface area contributed by atoms with Gasteiger partial charge in [0.15, 0.2) is 0 Å². The predicted octanol–water partition coefficient (Wildman–Crippen LogP) is 6.34. The standard InChI is InChI=1S/C27H23ClF4N4O2/c28-18-4-9-23-22(15-18)24(16-25(37)38)36(21-3-1-2-17(14-21)27(30,31)32)26(33-23)35-12-10-34(11-13-35)20-7-5-19(29)6-8-20/h1-9,14-15,24H,10-13,16H2,(H,37,38). The van der Waals surface area contributed by atoms with Gasteiger partial charge in [-0.15, -0.1) is 0 Å². The van der Waals surface area contributed by atoms with Crippen LogP contribution in [0.15, 0.2) is 71.7 Å². The number of alkyl halides is 3. The first-order chi connectivity index (χ1) is 18.1. The Bertz CT molecular complexity index is 1370. The first-order valence-corrected chi connectivity index (χ1v) is 12.3. The van der Waals surface area contributed by atoms with Crippen molar-refractivity contribution in [3.05, 3.63) is 88.7 Å². The third-order valence-electron chi connectivity index (χ3n) is 6.67. The van der Waals surface area contributed by atoms with Crippen LogP contribution in [0.2, 0.25) is 5.02 Å². The maximum Gasteiger partial charge on any atom is 0.416 e. The lowest BCUT2D eigenvalue weighted by Gasteiger charge is -2.45. The van der Waals surface area contributed by atoms with E-state index in [1.54, 1.807) is 35.2 Å². The lowest BCUT2D eigenvalue weighted by Crippen LogP contribution is -2.55. The fraction of sp³-hybridized carbons (Fsp3) is 0.259. The number of rotatable bonds is 4. The number of aliphatic imine (C=N–C) groups is 1. The summed E-state index contributed by atoms with van der Waals surface area (Å²) in [5.74, 6) is -1.08. The summed E-state index contributed by atoms with van der Waals surface area (Å²) in [6, 6.07) is 15.1. The number of carbonyl (C=O) groups is 1. The summed E-state index contributed by atoms with van der Waals surface area (Å²) in [6.07, 6.45) is -4.95. The molecule has 11 heteroatoms. The molecule has 2 aliphatic rings. The number of fused-ring (bicyclic) bond motifs is 1. The molecule has 0 aliphatic carbocycles. The number of aliphatic carboxylic acids is 1. The van der Waals surface area contributed by atoms with Crippen LogP contribution in [-0.4, -0.2) is 48.1 Å². The van der Waals surface area contributed by atoms with Crippen molar-refractivity contribution in [1.82, 2.24) is 4.90 Å². The van der Waals surface area contributed by atoms with E-state index in [9.17, 15) is 27.5 Å². The number of halogens is 5. The molecule has 0 spiro atoms. The number of piperazine rings is 1. The van der Waals surface area contributed by atoms with Crippen LogP contribution < -0.4 is 9.80 Å². The zero-order chi connectivity index (χ0) is 27.0. The molecule has 1 atom stereocenters. The van der Waals surface area contributed by atoms with E-state index in [-0.39, 0.29) is 17.9 Å². The SMILES string of the molecule is O=C(O)CC1c2cc(Cl)ccc2N=C(N2CCN(c3ccc(F)cc3)CC2)N1c1cccc(C(F)(F)F)c1. The Balaban J connectivity index is 1.55. The Hall–Kier alpha value is -3.79. The second kappa shape index (κ2) is 10.2. The minimum atomic E-state index is -4.58. The van der Waals surface area contributed by atoms with Crippen molar-refractivity contribution in [2.75, 3.05) is 36.0 Å². The Kier molecular flexibility index (Phi) is 6.92. The van der Waals surface area contributed by atoms with Crippen molar-refractivity contribution >= 4 is 40.6 Å². The van der Waals surface area contributed by atoms with E-state index in [1.807, 2.05) is 4.90 Å². The molecule has 0 aromatic heterocycles. The minimum absolute atomic E-state index is 0.177. The van der Waals surface area contributed by atoms with E-state index < -0.39 is 23.8 Å². The molecule has 0 bridgehead atoms. The maximum absolute atomic E-state index is 13.6. The molecule has 1 N–H and O–H groups in total. The van der Waals surface area contributed by atoms with Crippen LogP contribution >= 0.6 is 11.6 Å². The second-order valence-electron chi connectivity index (χ2n) is 9.10. The highest BCUT2D eigenvalue weighted by atomic mass is 35.5. The second-order valence-corrected chi connectivity index (χ2v) is 9.53. The molecule has 2 heterocycles. The van der Waals surface area contributed by atoms with Gasteiger partial charge in [0.2, 0.25) is 5.96 Å². The molecule has 0 radical (unpaired) electrons. The Morgan fingerprint density at radius 2 is 1.63 bits per heavy atom. The van der Waals surface area contributed by atoms with Crippen molar-refractivity contribution in [2.24, 2.45) is 4.99 Å². The molecular weight excluding hydrogens is 524 g/mol. The van der Waals surface area contributed by atoms with E-state index in [0.717, 1.165) is 17.8 Å². The highest BCUT2D eigenvalue weighted by molar-refractivity contribution is 6.30. The van der Waals surface area contributed by atoms with Crippen molar-refractivity contribution in [3.63, 3.8) is 0 Å². The number of carboxylic acid groups (broad SMARTS) is 1. The largest absolute Gasteiger partial charge is 0.481 e. The topological polar surface area (TPSA) is 59.4 Å².